The Balaban J connectivity index is 0.00000208. The fourth-order valence-electron chi connectivity index (χ4n) is 3.15. The van der Waals surface area contributed by atoms with Crippen LogP contribution in [0.4, 0.5) is 5.82 Å². The number of aromatic hydroxyl groups is 1. The minimum Gasteiger partial charge on any atom is -0.507 e. The number of nitrogens with one attached hydrogen (secondary N) is 1. The fourth-order valence-corrected chi connectivity index (χ4v) is 3.15. The highest BCUT2D eigenvalue weighted by atomic mass is 16.3. The minimum absolute atomic E-state index is 0. The zero-order valence-electron chi connectivity index (χ0n) is 13.1. The van der Waals surface area contributed by atoms with Crippen molar-refractivity contribution in [3.63, 3.8) is 0 Å². The van der Waals surface area contributed by atoms with Gasteiger partial charge in [-0.25, -0.2) is 4.98 Å². The van der Waals surface area contributed by atoms with Crippen molar-refractivity contribution in [2.24, 2.45) is 0 Å². The molecule has 0 amide bonds. The number of hydrogen-bond acceptors (Lipinski definition) is 5. The van der Waals surface area contributed by atoms with Crippen LogP contribution in [0, 0.1) is 18.3 Å². The number of rotatable bonds is 2. The number of phenolic OH excluding ortho intramolecular Hbond substituents is 1. The minimum atomic E-state index is 0. The molecule has 1 saturated heterocycles. The molecule has 5 nitrogen and oxygen atoms in total. The maximum atomic E-state index is 10.3. The van der Waals surface area contributed by atoms with E-state index in [1.165, 1.54) is 0 Å². The molecular weight excluding hydrogens is 300 g/mol. The van der Waals surface area contributed by atoms with Crippen LogP contribution in [0.1, 0.15) is 42.9 Å². The van der Waals surface area contributed by atoms with Crippen molar-refractivity contribution in [1.82, 2.24) is 10.3 Å². The molecule has 2 heterocycles. The molecule has 1 unspecified atom stereocenters. The molecule has 3 rings (SSSR count). The Morgan fingerprint density at radius 1 is 1.42 bits per heavy atom. The predicted molar refractivity (Wildman–Crippen MR) is 96.8 cm³/mol. The van der Waals surface area contributed by atoms with Gasteiger partial charge < -0.3 is 16.2 Å². The van der Waals surface area contributed by atoms with E-state index >= 15 is 0 Å². The lowest BCUT2D eigenvalue weighted by Gasteiger charge is -2.24. The number of nitrogens with two attached hydrogens (primary N) is 1. The van der Waals surface area contributed by atoms with E-state index in [1.807, 2.05) is 31.2 Å². The highest BCUT2D eigenvalue weighted by Gasteiger charge is 2.22. The summed E-state index contributed by atoms with van der Waals surface area (Å²) >= 11 is 0. The Hall–Kier alpha value is -2.58. The molecule has 0 saturated carbocycles. The number of pyridine rings is 1. The first kappa shape index (κ1) is 17.8. The molecule has 2 aromatic rings. The van der Waals surface area contributed by atoms with E-state index in [1.54, 1.807) is 0 Å². The predicted octanol–water partition coefficient (Wildman–Crippen LogP) is 3.32. The summed E-state index contributed by atoms with van der Waals surface area (Å²) in [7, 11) is 0. The average molecular weight is 324 g/mol. The van der Waals surface area contributed by atoms with Gasteiger partial charge in [0.15, 0.2) is 0 Å². The van der Waals surface area contributed by atoms with Crippen LogP contribution < -0.4 is 11.1 Å². The summed E-state index contributed by atoms with van der Waals surface area (Å²) in [5.74, 6) is 0.678. The van der Waals surface area contributed by atoms with E-state index in [-0.39, 0.29) is 24.9 Å². The van der Waals surface area contributed by atoms with E-state index < -0.39 is 0 Å². The topological polar surface area (TPSA) is 95.0 Å². The second kappa shape index (κ2) is 7.33. The number of aromatic nitrogens is 1. The van der Waals surface area contributed by atoms with E-state index in [9.17, 15) is 10.4 Å². The first-order valence-electron chi connectivity index (χ1n) is 7.82. The number of benzene rings is 1. The summed E-state index contributed by atoms with van der Waals surface area (Å²) < 4.78 is 0. The van der Waals surface area contributed by atoms with Crippen molar-refractivity contribution >= 4 is 5.82 Å². The van der Waals surface area contributed by atoms with Crippen LogP contribution in [0.15, 0.2) is 24.3 Å². The number of phenols is 1. The number of nitrogen functional groups attached to an aromatic ring is 1. The number of aryl methyl sites for hydroxylation is 1. The second-order valence-corrected chi connectivity index (χ2v) is 5.98. The summed E-state index contributed by atoms with van der Waals surface area (Å²) in [6, 6.07) is 9.63. The molecule has 0 aliphatic carbocycles. The maximum absolute atomic E-state index is 10.3. The van der Waals surface area contributed by atoms with Crippen LogP contribution in [0.2, 0.25) is 0 Å². The molecular formula is C19H24N4O. The molecule has 1 aliphatic heterocycles. The lowest BCUT2D eigenvalue weighted by Crippen LogP contribution is -2.29. The summed E-state index contributed by atoms with van der Waals surface area (Å²) in [5, 5.41) is 23.1. The van der Waals surface area contributed by atoms with Gasteiger partial charge in [0.05, 0.1) is 11.3 Å². The summed E-state index contributed by atoms with van der Waals surface area (Å²) in [6.07, 6.45) is 2.09. The number of hydrogen-bond donors (Lipinski definition) is 3. The van der Waals surface area contributed by atoms with E-state index in [4.69, 9.17) is 5.73 Å². The van der Waals surface area contributed by atoms with Gasteiger partial charge in [0.25, 0.3) is 0 Å². The smallest absolute Gasteiger partial charge is 0.142 e. The van der Waals surface area contributed by atoms with Gasteiger partial charge in [-0.05, 0) is 55.5 Å². The van der Waals surface area contributed by atoms with Crippen LogP contribution in [-0.4, -0.2) is 23.2 Å². The number of nitrogens with zero attached hydrogens (tertiary/aromatic N) is 2. The second-order valence-electron chi connectivity index (χ2n) is 5.98. The van der Waals surface area contributed by atoms with Gasteiger partial charge in [0.1, 0.15) is 17.6 Å². The average Bonchev–Trinajstić information content (AvgIpc) is 2.57. The molecule has 4 N–H and O–H groups in total. The van der Waals surface area contributed by atoms with Gasteiger partial charge in [-0.3, -0.25) is 0 Å². The molecule has 0 radical (unpaired) electrons. The monoisotopic (exact) mass is 324 g/mol. The Morgan fingerprint density at radius 3 is 2.88 bits per heavy atom. The molecule has 1 atom stereocenters. The molecule has 126 valence electrons. The summed E-state index contributed by atoms with van der Waals surface area (Å²) in [6.45, 7) is 3.68. The third-order valence-corrected chi connectivity index (χ3v) is 4.44. The van der Waals surface area contributed by atoms with Crippen LogP contribution in [0.5, 0.6) is 5.75 Å². The van der Waals surface area contributed by atoms with E-state index in [0.29, 0.717) is 16.8 Å². The van der Waals surface area contributed by atoms with Crippen molar-refractivity contribution in [1.29, 1.82) is 5.26 Å². The third-order valence-electron chi connectivity index (χ3n) is 4.44. The summed E-state index contributed by atoms with van der Waals surface area (Å²) in [4.78, 5) is 4.35. The van der Waals surface area contributed by atoms with E-state index in [2.05, 4.69) is 16.4 Å². The Labute approximate surface area is 143 Å². The van der Waals surface area contributed by atoms with Gasteiger partial charge in [-0.1, -0.05) is 19.6 Å². The maximum Gasteiger partial charge on any atom is 0.142 e. The lowest BCUT2D eigenvalue weighted by atomic mass is 9.88. The molecule has 1 aromatic heterocycles. The van der Waals surface area contributed by atoms with Gasteiger partial charge in [0, 0.05) is 12.1 Å². The van der Waals surface area contributed by atoms with Gasteiger partial charge in [-0.15, -0.1) is 0 Å². The Kier molecular flexibility index (Phi) is 5.42. The largest absolute Gasteiger partial charge is 0.507 e. The van der Waals surface area contributed by atoms with E-state index in [0.717, 1.165) is 37.1 Å². The van der Waals surface area contributed by atoms with Crippen LogP contribution in [-0.2, 0) is 0 Å². The number of nitriles is 1. The van der Waals surface area contributed by atoms with Crippen LogP contribution in [0.25, 0.3) is 11.3 Å². The number of anilines is 1. The molecule has 0 spiro atoms. The van der Waals surface area contributed by atoms with Gasteiger partial charge in [0.2, 0.25) is 0 Å². The van der Waals surface area contributed by atoms with Crippen molar-refractivity contribution in [3.05, 3.63) is 41.0 Å². The number of piperidine rings is 1. The first-order valence-corrected chi connectivity index (χ1v) is 7.82. The Bertz CT molecular complexity index is 774. The molecule has 1 fully saturated rings. The quantitative estimate of drug-likeness (QED) is 0.787. The third kappa shape index (κ3) is 3.19. The molecule has 0 bridgehead atoms. The van der Waals surface area contributed by atoms with Gasteiger partial charge >= 0.3 is 0 Å². The van der Waals surface area contributed by atoms with Crippen molar-refractivity contribution in [2.75, 3.05) is 18.8 Å². The summed E-state index contributed by atoms with van der Waals surface area (Å²) in [5.41, 5.74) is 9.45. The Morgan fingerprint density at radius 2 is 2.21 bits per heavy atom. The lowest BCUT2D eigenvalue weighted by molar-refractivity contribution is 0.461. The van der Waals surface area contributed by atoms with Crippen LogP contribution >= 0.6 is 0 Å². The fraction of sp³-hybridized carbons (Fsp3) is 0.368. The highest BCUT2D eigenvalue weighted by Crippen LogP contribution is 2.35. The standard InChI is InChI=1S/C18H20N4O.CH4/c1-11-4-2-6-13(17(11)23)16-8-14(12-5-3-7-21-10-12)15(9-19)18(20)22-16;/h2,4,6,8,12,21,23H,3,5,7,10H2,1H3,(H2,20,22);1H4. The SMILES string of the molecule is C.Cc1cccc(-c2cc(C3CCCNC3)c(C#N)c(N)n2)c1O. The van der Waals surface area contributed by atoms with Crippen molar-refractivity contribution in [3.8, 4) is 23.1 Å². The van der Waals surface area contributed by atoms with Crippen molar-refractivity contribution < 1.29 is 5.11 Å². The van der Waals surface area contributed by atoms with Gasteiger partial charge in [-0.2, -0.15) is 5.26 Å². The van der Waals surface area contributed by atoms with Crippen LogP contribution in [0.3, 0.4) is 0 Å². The molecule has 1 aliphatic rings. The molecule has 1 aromatic carbocycles. The zero-order chi connectivity index (χ0) is 16.4. The molecule has 24 heavy (non-hydrogen) atoms. The zero-order valence-corrected chi connectivity index (χ0v) is 13.1. The number of para-hydroxylation sites is 1. The normalized spacial score (nSPS) is 16.9. The highest BCUT2D eigenvalue weighted by molar-refractivity contribution is 5.72. The van der Waals surface area contributed by atoms with Crippen molar-refractivity contribution in [2.45, 2.75) is 33.1 Å². The first-order chi connectivity index (χ1) is 11.1. The molecule has 5 heteroatoms.